The van der Waals surface area contributed by atoms with Crippen LogP contribution in [0.1, 0.15) is 12.5 Å². The predicted molar refractivity (Wildman–Crippen MR) is 79.0 cm³/mol. The van der Waals surface area contributed by atoms with E-state index in [1.165, 1.54) is 17.7 Å². The van der Waals surface area contributed by atoms with E-state index in [1.807, 2.05) is 0 Å². The zero-order valence-electron chi connectivity index (χ0n) is 12.7. The Balaban J connectivity index is 2.59. The van der Waals surface area contributed by atoms with Gasteiger partial charge >= 0.3 is 0 Å². The van der Waals surface area contributed by atoms with E-state index in [0.717, 1.165) is 12.1 Å². The first-order valence-electron chi connectivity index (χ1n) is 6.81. The van der Waals surface area contributed by atoms with Gasteiger partial charge in [0.05, 0.1) is 11.3 Å². The van der Waals surface area contributed by atoms with E-state index in [2.05, 4.69) is 0 Å². The van der Waals surface area contributed by atoms with Crippen LogP contribution in [-0.2, 0) is 11.3 Å². The summed E-state index contributed by atoms with van der Waals surface area (Å²) in [6.07, 6.45) is 0. The maximum absolute atomic E-state index is 14.3. The van der Waals surface area contributed by atoms with E-state index >= 15 is 0 Å². The molecule has 0 aliphatic rings. The van der Waals surface area contributed by atoms with Crippen LogP contribution in [0.4, 0.5) is 8.78 Å². The summed E-state index contributed by atoms with van der Waals surface area (Å²) in [5.74, 6) is -1.56. The summed E-state index contributed by atoms with van der Waals surface area (Å²) in [4.78, 5) is 12.1. The van der Waals surface area contributed by atoms with Gasteiger partial charge in [-0.15, -0.1) is 0 Å². The molecule has 1 aromatic carbocycles. The lowest BCUT2D eigenvalue weighted by Crippen LogP contribution is -2.23. The number of aromatic nitrogens is 1. The van der Waals surface area contributed by atoms with Gasteiger partial charge in [0.2, 0.25) is 0 Å². The number of hydrogen-bond acceptors (Lipinski definition) is 3. The van der Waals surface area contributed by atoms with Crippen LogP contribution in [0.3, 0.4) is 0 Å². The van der Waals surface area contributed by atoms with Gasteiger partial charge < -0.3 is 14.0 Å². The molecule has 4 nitrogen and oxygen atoms in total. The number of rotatable bonds is 5. The van der Waals surface area contributed by atoms with Crippen molar-refractivity contribution in [2.75, 3.05) is 13.9 Å². The minimum absolute atomic E-state index is 0.0260. The highest BCUT2D eigenvalue weighted by molar-refractivity contribution is 5.63. The summed E-state index contributed by atoms with van der Waals surface area (Å²) in [6.45, 7) is 3.61. The molecule has 0 radical (unpaired) electrons. The maximum Gasteiger partial charge on any atom is 0.253 e. The Morgan fingerprint density at radius 1 is 1.18 bits per heavy atom. The molecule has 0 spiro atoms. The van der Waals surface area contributed by atoms with Crippen molar-refractivity contribution in [3.8, 4) is 17.0 Å². The molecule has 0 unspecified atom stereocenters. The SMILES string of the molecule is CCn1c(-c2c(F)cc(OCOC)cc2F)ccc(C)c1=O. The van der Waals surface area contributed by atoms with E-state index in [4.69, 9.17) is 9.47 Å². The molecule has 0 saturated heterocycles. The minimum Gasteiger partial charge on any atom is -0.467 e. The second-order valence-corrected chi connectivity index (χ2v) is 4.76. The Hall–Kier alpha value is -2.21. The molecule has 6 heteroatoms. The Morgan fingerprint density at radius 3 is 2.36 bits per heavy atom. The number of nitrogens with zero attached hydrogens (tertiary/aromatic N) is 1. The van der Waals surface area contributed by atoms with Gasteiger partial charge in [-0.05, 0) is 19.9 Å². The Labute approximate surface area is 126 Å². The average molecular weight is 309 g/mol. The average Bonchev–Trinajstić information content (AvgIpc) is 2.48. The van der Waals surface area contributed by atoms with Crippen LogP contribution in [0, 0.1) is 18.6 Å². The fourth-order valence-electron chi connectivity index (χ4n) is 2.22. The van der Waals surface area contributed by atoms with Crippen molar-refractivity contribution in [2.24, 2.45) is 0 Å². The van der Waals surface area contributed by atoms with Gasteiger partial charge in [-0.2, -0.15) is 0 Å². The molecule has 0 saturated carbocycles. The third-order valence-electron chi connectivity index (χ3n) is 3.30. The molecule has 2 rings (SSSR count). The van der Waals surface area contributed by atoms with E-state index in [0.29, 0.717) is 12.1 Å². The van der Waals surface area contributed by atoms with Gasteiger partial charge in [0.25, 0.3) is 5.56 Å². The van der Waals surface area contributed by atoms with E-state index < -0.39 is 11.6 Å². The lowest BCUT2D eigenvalue weighted by Gasteiger charge is -2.14. The first-order valence-corrected chi connectivity index (χ1v) is 6.81. The van der Waals surface area contributed by atoms with Crippen LogP contribution >= 0.6 is 0 Å². The molecule has 0 N–H and O–H groups in total. The molecule has 22 heavy (non-hydrogen) atoms. The molecule has 0 aliphatic heterocycles. The monoisotopic (exact) mass is 309 g/mol. The molecule has 0 bridgehead atoms. The number of benzene rings is 1. The Bertz CT molecular complexity index is 718. The number of halogens is 2. The third kappa shape index (κ3) is 3.01. The molecule has 0 aliphatic carbocycles. The standard InChI is InChI=1S/C16H17F2NO3/c1-4-19-14(6-5-10(2)16(19)20)15-12(17)7-11(8-13(15)18)22-9-21-3/h5-8H,4,9H2,1-3H3. The van der Waals surface area contributed by atoms with Gasteiger partial charge in [-0.3, -0.25) is 4.79 Å². The second kappa shape index (κ2) is 6.70. The van der Waals surface area contributed by atoms with Crippen LogP contribution in [0.5, 0.6) is 5.75 Å². The first-order chi connectivity index (χ1) is 10.5. The van der Waals surface area contributed by atoms with E-state index in [1.54, 1.807) is 19.9 Å². The number of methoxy groups -OCH3 is 1. The highest BCUT2D eigenvalue weighted by Gasteiger charge is 2.18. The Morgan fingerprint density at radius 2 is 1.82 bits per heavy atom. The summed E-state index contributed by atoms with van der Waals surface area (Å²) < 4.78 is 39.7. The molecule has 2 aromatic rings. The summed E-state index contributed by atoms with van der Waals surface area (Å²) in [6, 6.07) is 5.24. The zero-order valence-corrected chi connectivity index (χ0v) is 12.7. The van der Waals surface area contributed by atoms with Crippen LogP contribution in [0.2, 0.25) is 0 Å². The largest absolute Gasteiger partial charge is 0.467 e. The summed E-state index contributed by atoms with van der Waals surface area (Å²) in [7, 11) is 1.41. The topological polar surface area (TPSA) is 40.5 Å². The Kier molecular flexibility index (Phi) is 4.92. The predicted octanol–water partition coefficient (Wildman–Crippen LogP) is 3.10. The number of aryl methyl sites for hydroxylation is 1. The van der Waals surface area contributed by atoms with Crippen LogP contribution in [0.25, 0.3) is 11.3 Å². The fraction of sp³-hybridized carbons (Fsp3) is 0.312. The lowest BCUT2D eigenvalue weighted by atomic mass is 10.1. The lowest BCUT2D eigenvalue weighted by molar-refractivity contribution is 0.0507. The molecular weight excluding hydrogens is 292 g/mol. The van der Waals surface area contributed by atoms with Crippen LogP contribution < -0.4 is 10.3 Å². The van der Waals surface area contributed by atoms with Crippen molar-refractivity contribution in [3.63, 3.8) is 0 Å². The number of ether oxygens (including phenoxy) is 2. The van der Waals surface area contributed by atoms with Crippen molar-refractivity contribution in [1.29, 1.82) is 0 Å². The summed E-state index contributed by atoms with van der Waals surface area (Å²) in [5.41, 5.74) is 0.208. The molecule has 118 valence electrons. The fourth-order valence-corrected chi connectivity index (χ4v) is 2.22. The highest BCUT2D eigenvalue weighted by Crippen LogP contribution is 2.29. The second-order valence-electron chi connectivity index (χ2n) is 4.76. The third-order valence-corrected chi connectivity index (χ3v) is 3.30. The molecule has 0 fully saturated rings. The first kappa shape index (κ1) is 16.2. The molecule has 0 atom stereocenters. The minimum atomic E-state index is -0.795. The number of pyridine rings is 1. The molecule has 0 amide bonds. The van der Waals surface area contributed by atoms with E-state index in [-0.39, 0.29) is 29.4 Å². The quantitative estimate of drug-likeness (QED) is 0.797. The van der Waals surface area contributed by atoms with E-state index in [9.17, 15) is 13.6 Å². The normalized spacial score (nSPS) is 10.8. The van der Waals surface area contributed by atoms with Crippen molar-refractivity contribution in [2.45, 2.75) is 20.4 Å². The summed E-state index contributed by atoms with van der Waals surface area (Å²) >= 11 is 0. The van der Waals surface area contributed by atoms with Crippen LogP contribution in [0.15, 0.2) is 29.1 Å². The summed E-state index contributed by atoms with van der Waals surface area (Å²) in [5, 5.41) is 0. The maximum atomic E-state index is 14.3. The zero-order chi connectivity index (χ0) is 16.3. The van der Waals surface area contributed by atoms with Gasteiger partial charge in [0.15, 0.2) is 6.79 Å². The van der Waals surface area contributed by atoms with Gasteiger partial charge in [0, 0.05) is 31.4 Å². The smallest absolute Gasteiger partial charge is 0.253 e. The van der Waals surface area contributed by atoms with Gasteiger partial charge in [-0.25, -0.2) is 8.78 Å². The number of hydrogen-bond donors (Lipinski definition) is 0. The highest BCUT2D eigenvalue weighted by atomic mass is 19.1. The van der Waals surface area contributed by atoms with Crippen molar-refractivity contribution < 1.29 is 18.3 Å². The molecule has 1 heterocycles. The van der Waals surface area contributed by atoms with Gasteiger partial charge in [0.1, 0.15) is 17.4 Å². The van der Waals surface area contributed by atoms with Crippen molar-refractivity contribution in [1.82, 2.24) is 4.57 Å². The van der Waals surface area contributed by atoms with Crippen molar-refractivity contribution >= 4 is 0 Å². The van der Waals surface area contributed by atoms with Crippen molar-refractivity contribution in [3.05, 3.63) is 51.8 Å². The molecule has 1 aromatic heterocycles. The molecular formula is C16H17F2NO3. The van der Waals surface area contributed by atoms with Crippen LogP contribution in [-0.4, -0.2) is 18.5 Å². The van der Waals surface area contributed by atoms with Gasteiger partial charge in [-0.1, -0.05) is 6.07 Å².